The van der Waals surface area contributed by atoms with Crippen molar-refractivity contribution in [3.8, 4) is 0 Å². The van der Waals surface area contributed by atoms with Gasteiger partial charge in [-0.1, -0.05) is 12.1 Å². The average molecular weight is 292 g/mol. The van der Waals surface area contributed by atoms with E-state index in [0.717, 1.165) is 5.56 Å². The summed E-state index contributed by atoms with van der Waals surface area (Å²) in [5, 5.41) is 8.77. The monoisotopic (exact) mass is 292 g/mol. The third-order valence-electron chi connectivity index (χ3n) is 3.50. The van der Waals surface area contributed by atoms with Gasteiger partial charge in [0.25, 0.3) is 0 Å². The van der Waals surface area contributed by atoms with Crippen LogP contribution in [0.3, 0.4) is 0 Å². The molecule has 3 N–H and O–H groups in total. The molecule has 6 heteroatoms. The Morgan fingerprint density at radius 1 is 1.33 bits per heavy atom. The second kappa shape index (κ2) is 7.08. The number of ether oxygens (including phenoxy) is 1. The van der Waals surface area contributed by atoms with Gasteiger partial charge in [0, 0.05) is 25.2 Å². The molecule has 21 heavy (non-hydrogen) atoms. The molecule has 1 heterocycles. The molecule has 0 spiro atoms. The number of nitrogen functional groups attached to an aromatic ring is 1. The molecule has 1 aromatic rings. The molecule has 0 aromatic heterocycles. The predicted octanol–water partition coefficient (Wildman–Crippen LogP) is 0.903. The summed E-state index contributed by atoms with van der Waals surface area (Å²) in [6.45, 7) is 1.27. The quantitative estimate of drug-likeness (QED) is 0.787. The first-order valence-corrected chi connectivity index (χ1v) is 7.00. The van der Waals surface area contributed by atoms with E-state index in [1.807, 2.05) is 24.3 Å². The van der Waals surface area contributed by atoms with Gasteiger partial charge in [-0.25, -0.2) is 0 Å². The smallest absolute Gasteiger partial charge is 0.306 e. The SMILES string of the molecule is Nc1ccc(CCC(=O)N2CCOC(CC(=O)O)C2)cc1. The van der Waals surface area contributed by atoms with Crippen LogP contribution in [0.2, 0.25) is 0 Å². The lowest BCUT2D eigenvalue weighted by molar-refractivity contribution is -0.147. The molecule has 114 valence electrons. The third-order valence-corrected chi connectivity index (χ3v) is 3.50. The lowest BCUT2D eigenvalue weighted by Gasteiger charge is -2.32. The van der Waals surface area contributed by atoms with E-state index in [1.165, 1.54) is 0 Å². The maximum absolute atomic E-state index is 12.2. The Morgan fingerprint density at radius 3 is 2.71 bits per heavy atom. The highest BCUT2D eigenvalue weighted by molar-refractivity contribution is 5.76. The fourth-order valence-corrected chi connectivity index (χ4v) is 2.36. The molecular formula is C15H20N2O4. The van der Waals surface area contributed by atoms with Crippen LogP contribution < -0.4 is 5.73 Å². The fourth-order valence-electron chi connectivity index (χ4n) is 2.36. The summed E-state index contributed by atoms with van der Waals surface area (Å²) in [6.07, 6.45) is 0.586. The lowest BCUT2D eigenvalue weighted by Crippen LogP contribution is -2.46. The van der Waals surface area contributed by atoms with E-state index in [9.17, 15) is 9.59 Å². The largest absolute Gasteiger partial charge is 0.481 e. The van der Waals surface area contributed by atoms with Crippen molar-refractivity contribution >= 4 is 17.6 Å². The first kappa shape index (κ1) is 15.3. The van der Waals surface area contributed by atoms with Crippen LogP contribution in [0, 0.1) is 0 Å². The Morgan fingerprint density at radius 2 is 2.05 bits per heavy atom. The minimum Gasteiger partial charge on any atom is -0.481 e. The highest BCUT2D eigenvalue weighted by Crippen LogP contribution is 2.12. The van der Waals surface area contributed by atoms with Crippen molar-refractivity contribution in [2.75, 3.05) is 25.4 Å². The number of amides is 1. The Bertz CT molecular complexity index is 501. The van der Waals surface area contributed by atoms with Gasteiger partial charge < -0.3 is 20.5 Å². The highest BCUT2D eigenvalue weighted by atomic mass is 16.5. The van der Waals surface area contributed by atoms with E-state index < -0.39 is 12.1 Å². The van der Waals surface area contributed by atoms with E-state index in [1.54, 1.807) is 4.90 Å². The van der Waals surface area contributed by atoms with Crippen LogP contribution in [0.1, 0.15) is 18.4 Å². The van der Waals surface area contributed by atoms with Crippen molar-refractivity contribution < 1.29 is 19.4 Å². The van der Waals surface area contributed by atoms with Gasteiger partial charge in [-0.3, -0.25) is 9.59 Å². The third kappa shape index (κ3) is 4.75. The number of aryl methyl sites for hydroxylation is 1. The zero-order valence-electron chi connectivity index (χ0n) is 11.8. The highest BCUT2D eigenvalue weighted by Gasteiger charge is 2.25. The van der Waals surface area contributed by atoms with Gasteiger partial charge in [-0.2, -0.15) is 0 Å². The number of benzene rings is 1. The van der Waals surface area contributed by atoms with Crippen molar-refractivity contribution in [1.82, 2.24) is 4.90 Å². The van der Waals surface area contributed by atoms with Crippen LogP contribution >= 0.6 is 0 Å². The standard InChI is InChI=1S/C15H20N2O4/c16-12-4-1-11(2-5-12)3-6-14(18)17-7-8-21-13(10-17)9-15(19)20/h1-2,4-5,13H,3,6-10,16H2,(H,19,20). The lowest BCUT2D eigenvalue weighted by atomic mass is 10.1. The van der Waals surface area contributed by atoms with Gasteiger partial charge in [0.15, 0.2) is 0 Å². The topological polar surface area (TPSA) is 92.9 Å². The van der Waals surface area contributed by atoms with Gasteiger partial charge in [-0.05, 0) is 24.1 Å². The molecule has 2 rings (SSSR count). The van der Waals surface area contributed by atoms with Crippen molar-refractivity contribution in [2.45, 2.75) is 25.4 Å². The minimum absolute atomic E-state index is 0.0329. The van der Waals surface area contributed by atoms with E-state index in [-0.39, 0.29) is 12.3 Å². The van der Waals surface area contributed by atoms with Crippen molar-refractivity contribution in [3.63, 3.8) is 0 Å². The van der Waals surface area contributed by atoms with Gasteiger partial charge in [0.2, 0.25) is 5.91 Å². The second-order valence-electron chi connectivity index (χ2n) is 5.17. The molecular weight excluding hydrogens is 272 g/mol. The minimum atomic E-state index is -0.906. The van der Waals surface area contributed by atoms with Gasteiger partial charge in [-0.15, -0.1) is 0 Å². The summed E-state index contributed by atoms with van der Waals surface area (Å²) in [5.74, 6) is -0.873. The Labute approximate surface area is 123 Å². The number of carboxylic acids is 1. The predicted molar refractivity (Wildman–Crippen MR) is 77.7 cm³/mol. The van der Waals surface area contributed by atoms with E-state index in [4.69, 9.17) is 15.6 Å². The number of anilines is 1. The molecule has 1 saturated heterocycles. The maximum atomic E-state index is 12.2. The molecule has 1 unspecified atom stereocenters. The molecule has 1 amide bonds. The summed E-state index contributed by atoms with van der Waals surface area (Å²) in [4.78, 5) is 24.5. The molecule has 1 aliphatic rings. The van der Waals surface area contributed by atoms with Crippen LogP contribution in [0.25, 0.3) is 0 Å². The summed E-state index contributed by atoms with van der Waals surface area (Å²) >= 11 is 0. The summed E-state index contributed by atoms with van der Waals surface area (Å²) in [6, 6.07) is 7.46. The number of hydrogen-bond donors (Lipinski definition) is 2. The number of carboxylic acid groups (broad SMARTS) is 1. The number of carbonyl (C=O) groups is 2. The molecule has 0 aliphatic carbocycles. The van der Waals surface area contributed by atoms with E-state index >= 15 is 0 Å². The van der Waals surface area contributed by atoms with Crippen molar-refractivity contribution in [3.05, 3.63) is 29.8 Å². The zero-order chi connectivity index (χ0) is 15.2. The maximum Gasteiger partial charge on any atom is 0.306 e. The molecule has 1 atom stereocenters. The molecule has 6 nitrogen and oxygen atoms in total. The normalized spacial score (nSPS) is 18.5. The summed E-state index contributed by atoms with van der Waals surface area (Å²) in [7, 11) is 0. The van der Waals surface area contributed by atoms with Crippen LogP contribution in [0.5, 0.6) is 0 Å². The Hall–Kier alpha value is -2.08. The molecule has 0 saturated carbocycles. The van der Waals surface area contributed by atoms with E-state index in [0.29, 0.717) is 38.2 Å². The number of nitrogens with zero attached hydrogens (tertiary/aromatic N) is 1. The van der Waals surface area contributed by atoms with Crippen LogP contribution in [0.4, 0.5) is 5.69 Å². The van der Waals surface area contributed by atoms with Gasteiger partial charge in [0.1, 0.15) is 0 Å². The Balaban J connectivity index is 1.82. The van der Waals surface area contributed by atoms with Crippen LogP contribution in [-0.4, -0.2) is 47.7 Å². The molecule has 1 aromatic carbocycles. The number of hydrogen-bond acceptors (Lipinski definition) is 4. The second-order valence-corrected chi connectivity index (χ2v) is 5.17. The number of rotatable bonds is 5. The number of morpholine rings is 1. The van der Waals surface area contributed by atoms with Crippen molar-refractivity contribution in [1.29, 1.82) is 0 Å². The molecule has 0 bridgehead atoms. The first-order chi connectivity index (χ1) is 10.0. The van der Waals surface area contributed by atoms with Gasteiger partial charge in [0.05, 0.1) is 19.1 Å². The first-order valence-electron chi connectivity index (χ1n) is 7.00. The molecule has 0 radical (unpaired) electrons. The van der Waals surface area contributed by atoms with Crippen LogP contribution in [0.15, 0.2) is 24.3 Å². The average Bonchev–Trinajstić information content (AvgIpc) is 2.46. The summed E-state index contributed by atoms with van der Waals surface area (Å²) < 4.78 is 5.36. The molecule has 1 fully saturated rings. The number of aliphatic carboxylic acids is 1. The number of carbonyl (C=O) groups excluding carboxylic acids is 1. The summed E-state index contributed by atoms with van der Waals surface area (Å²) in [5.41, 5.74) is 7.38. The fraction of sp³-hybridized carbons (Fsp3) is 0.467. The number of nitrogens with two attached hydrogens (primary N) is 1. The van der Waals surface area contributed by atoms with Crippen molar-refractivity contribution in [2.24, 2.45) is 0 Å². The zero-order valence-corrected chi connectivity index (χ0v) is 11.8. The van der Waals surface area contributed by atoms with Gasteiger partial charge >= 0.3 is 5.97 Å². The molecule has 1 aliphatic heterocycles. The van der Waals surface area contributed by atoms with Crippen LogP contribution in [-0.2, 0) is 20.7 Å². The Kier molecular flexibility index (Phi) is 5.16. The van der Waals surface area contributed by atoms with E-state index in [2.05, 4.69) is 0 Å².